The van der Waals surface area contributed by atoms with Crippen LogP contribution < -0.4 is 11.0 Å². The molecule has 0 bridgehead atoms. The van der Waals surface area contributed by atoms with Gasteiger partial charge in [0.15, 0.2) is 5.65 Å². The van der Waals surface area contributed by atoms with Gasteiger partial charge in [0, 0.05) is 25.4 Å². The monoisotopic (exact) mass is 348 g/mol. The molecule has 0 radical (unpaired) electrons. The molecule has 0 spiro atoms. The summed E-state index contributed by atoms with van der Waals surface area (Å²) in [5.41, 5.74) is 4.42. The van der Waals surface area contributed by atoms with Crippen LogP contribution >= 0.6 is 0 Å². The molecule has 0 amide bonds. The molecule has 0 saturated carbocycles. The Kier molecular flexibility index (Phi) is 3.43. The molecular formula is C19H20N6O. The minimum absolute atomic E-state index is 0.00165. The Bertz CT molecular complexity index is 1160. The van der Waals surface area contributed by atoms with Crippen molar-refractivity contribution in [3.63, 3.8) is 0 Å². The number of pyridine rings is 2. The molecule has 1 saturated heterocycles. The van der Waals surface area contributed by atoms with E-state index in [0.29, 0.717) is 0 Å². The molecule has 4 aromatic rings. The van der Waals surface area contributed by atoms with Gasteiger partial charge in [-0.25, -0.2) is 14.3 Å². The minimum atomic E-state index is -0.00165. The Morgan fingerprint density at radius 1 is 1.19 bits per heavy atom. The predicted molar refractivity (Wildman–Crippen MR) is 100 cm³/mol. The SMILES string of the molecule is Cn1c(=O)n(C2CCCNC2)c2nc(-c3cnn4ccccc34)ccc21. The summed E-state index contributed by atoms with van der Waals surface area (Å²) in [6.07, 6.45) is 5.82. The Balaban J connectivity index is 1.73. The van der Waals surface area contributed by atoms with Crippen LogP contribution in [0.2, 0.25) is 0 Å². The Morgan fingerprint density at radius 3 is 2.96 bits per heavy atom. The van der Waals surface area contributed by atoms with E-state index in [-0.39, 0.29) is 11.7 Å². The zero-order chi connectivity index (χ0) is 17.7. The van der Waals surface area contributed by atoms with E-state index < -0.39 is 0 Å². The van der Waals surface area contributed by atoms with Crippen LogP contribution in [-0.2, 0) is 7.05 Å². The van der Waals surface area contributed by atoms with Crippen LogP contribution in [0.5, 0.6) is 0 Å². The molecule has 7 nitrogen and oxygen atoms in total. The van der Waals surface area contributed by atoms with Gasteiger partial charge in [-0.1, -0.05) is 6.07 Å². The van der Waals surface area contributed by atoms with Crippen molar-refractivity contribution in [2.24, 2.45) is 7.05 Å². The molecule has 7 heteroatoms. The van der Waals surface area contributed by atoms with Crippen LogP contribution in [-0.4, -0.2) is 36.8 Å². The highest BCUT2D eigenvalue weighted by Gasteiger charge is 2.22. The number of fused-ring (bicyclic) bond motifs is 2. The highest BCUT2D eigenvalue weighted by molar-refractivity contribution is 5.82. The van der Waals surface area contributed by atoms with E-state index >= 15 is 0 Å². The van der Waals surface area contributed by atoms with Gasteiger partial charge >= 0.3 is 5.69 Å². The van der Waals surface area contributed by atoms with Gasteiger partial charge in [-0.3, -0.25) is 9.13 Å². The predicted octanol–water partition coefficient (Wildman–Crippen LogP) is 1.97. The van der Waals surface area contributed by atoms with Crippen LogP contribution in [0.15, 0.2) is 47.5 Å². The number of aromatic nitrogens is 5. The summed E-state index contributed by atoms with van der Waals surface area (Å²) in [4.78, 5) is 17.7. The molecule has 26 heavy (non-hydrogen) atoms. The Hall–Kier alpha value is -2.93. The topological polar surface area (TPSA) is 69.2 Å². The van der Waals surface area contributed by atoms with Gasteiger partial charge in [-0.15, -0.1) is 0 Å². The normalized spacial score (nSPS) is 18.0. The second kappa shape index (κ2) is 5.81. The number of rotatable bonds is 2. The summed E-state index contributed by atoms with van der Waals surface area (Å²) in [6, 6.07) is 10.1. The fraction of sp³-hybridized carbons (Fsp3) is 0.316. The zero-order valence-electron chi connectivity index (χ0n) is 14.6. The van der Waals surface area contributed by atoms with E-state index in [1.54, 1.807) is 4.57 Å². The van der Waals surface area contributed by atoms with Gasteiger partial charge in [0.05, 0.1) is 29.0 Å². The fourth-order valence-corrected chi connectivity index (χ4v) is 3.90. The van der Waals surface area contributed by atoms with Crippen molar-refractivity contribution in [2.45, 2.75) is 18.9 Å². The van der Waals surface area contributed by atoms with E-state index in [4.69, 9.17) is 4.98 Å². The van der Waals surface area contributed by atoms with Gasteiger partial charge in [0.25, 0.3) is 0 Å². The molecule has 1 aliphatic rings. The summed E-state index contributed by atoms with van der Waals surface area (Å²) >= 11 is 0. The van der Waals surface area contributed by atoms with Gasteiger partial charge < -0.3 is 5.32 Å². The average Bonchev–Trinajstić information content (AvgIpc) is 3.22. The number of nitrogens with zero attached hydrogens (tertiary/aromatic N) is 5. The molecule has 1 aliphatic heterocycles. The van der Waals surface area contributed by atoms with E-state index in [1.807, 2.05) is 58.9 Å². The number of piperidine rings is 1. The minimum Gasteiger partial charge on any atom is -0.315 e. The highest BCUT2D eigenvalue weighted by atomic mass is 16.1. The maximum absolute atomic E-state index is 12.8. The van der Waals surface area contributed by atoms with E-state index in [0.717, 1.165) is 53.9 Å². The summed E-state index contributed by atoms with van der Waals surface area (Å²) in [7, 11) is 1.81. The molecule has 5 heterocycles. The molecule has 132 valence electrons. The lowest BCUT2D eigenvalue weighted by atomic mass is 10.1. The molecule has 1 atom stereocenters. The van der Waals surface area contributed by atoms with Gasteiger partial charge in [-0.2, -0.15) is 5.10 Å². The largest absolute Gasteiger partial charge is 0.330 e. The first-order valence-corrected chi connectivity index (χ1v) is 8.95. The smallest absolute Gasteiger partial charge is 0.315 e. The average molecular weight is 348 g/mol. The summed E-state index contributed by atoms with van der Waals surface area (Å²) in [5.74, 6) is 0. The maximum Gasteiger partial charge on any atom is 0.330 e. The maximum atomic E-state index is 12.8. The molecule has 1 unspecified atom stereocenters. The molecule has 5 rings (SSSR count). The first kappa shape index (κ1) is 15.3. The lowest BCUT2D eigenvalue weighted by Crippen LogP contribution is -2.36. The lowest BCUT2D eigenvalue weighted by molar-refractivity contribution is 0.368. The zero-order valence-corrected chi connectivity index (χ0v) is 14.6. The first-order chi connectivity index (χ1) is 12.7. The van der Waals surface area contributed by atoms with Crippen LogP contribution in [0, 0.1) is 0 Å². The summed E-state index contributed by atoms with van der Waals surface area (Å²) in [6.45, 7) is 1.82. The lowest BCUT2D eigenvalue weighted by Gasteiger charge is -2.23. The third kappa shape index (κ3) is 2.20. The van der Waals surface area contributed by atoms with Gasteiger partial charge in [0.1, 0.15) is 0 Å². The van der Waals surface area contributed by atoms with Crippen molar-refractivity contribution >= 4 is 16.7 Å². The quantitative estimate of drug-likeness (QED) is 0.601. The van der Waals surface area contributed by atoms with Crippen LogP contribution in [0.1, 0.15) is 18.9 Å². The summed E-state index contributed by atoms with van der Waals surface area (Å²) in [5, 5.41) is 7.79. The second-order valence-electron chi connectivity index (χ2n) is 6.84. The van der Waals surface area contributed by atoms with E-state index in [9.17, 15) is 4.79 Å². The molecule has 0 aromatic carbocycles. The highest BCUT2D eigenvalue weighted by Crippen LogP contribution is 2.26. The molecular weight excluding hydrogens is 328 g/mol. The molecule has 4 aromatic heterocycles. The Morgan fingerprint density at radius 2 is 2.12 bits per heavy atom. The second-order valence-corrected chi connectivity index (χ2v) is 6.84. The number of imidazole rings is 1. The number of aryl methyl sites for hydroxylation is 1. The van der Waals surface area contributed by atoms with Crippen LogP contribution in [0.4, 0.5) is 0 Å². The number of nitrogens with one attached hydrogen (secondary N) is 1. The summed E-state index contributed by atoms with van der Waals surface area (Å²) < 4.78 is 5.39. The van der Waals surface area contributed by atoms with E-state index in [1.165, 1.54) is 0 Å². The molecule has 1 N–H and O–H groups in total. The van der Waals surface area contributed by atoms with Crippen molar-refractivity contribution in [2.75, 3.05) is 13.1 Å². The first-order valence-electron chi connectivity index (χ1n) is 8.95. The van der Waals surface area contributed by atoms with Gasteiger partial charge in [0.2, 0.25) is 0 Å². The van der Waals surface area contributed by atoms with Crippen LogP contribution in [0.25, 0.3) is 27.9 Å². The van der Waals surface area contributed by atoms with Crippen molar-refractivity contribution in [3.05, 3.63) is 53.2 Å². The Labute approximate surface area is 149 Å². The fourth-order valence-electron chi connectivity index (χ4n) is 3.90. The van der Waals surface area contributed by atoms with Crippen LogP contribution in [0.3, 0.4) is 0 Å². The van der Waals surface area contributed by atoms with Crippen molar-refractivity contribution < 1.29 is 0 Å². The van der Waals surface area contributed by atoms with E-state index in [2.05, 4.69) is 10.4 Å². The number of hydrogen-bond acceptors (Lipinski definition) is 4. The third-order valence-corrected chi connectivity index (χ3v) is 5.28. The van der Waals surface area contributed by atoms with Crippen molar-refractivity contribution in [3.8, 4) is 11.3 Å². The molecule has 0 aliphatic carbocycles. The number of hydrogen-bond donors (Lipinski definition) is 1. The van der Waals surface area contributed by atoms with Crippen molar-refractivity contribution in [1.82, 2.24) is 29.0 Å². The van der Waals surface area contributed by atoms with Gasteiger partial charge in [-0.05, 0) is 43.7 Å². The third-order valence-electron chi connectivity index (χ3n) is 5.28. The molecule has 1 fully saturated rings. The van der Waals surface area contributed by atoms with Crippen molar-refractivity contribution in [1.29, 1.82) is 0 Å². The standard InChI is InChI=1S/C19H20N6O/c1-23-17-8-7-15(14-12-21-24-10-3-2-6-16(14)24)22-18(17)25(19(23)26)13-5-4-9-20-11-13/h2-3,6-8,10,12-13,20H,4-5,9,11H2,1H3.